The van der Waals surface area contributed by atoms with Crippen molar-refractivity contribution in [1.82, 2.24) is 5.32 Å². The lowest BCUT2D eigenvalue weighted by molar-refractivity contribution is -0.117. The number of hydrogen-bond donors (Lipinski definition) is 2. The zero-order valence-corrected chi connectivity index (χ0v) is 8.49. The number of benzene rings is 1. The molecule has 0 aliphatic carbocycles. The van der Waals surface area contributed by atoms with Crippen LogP contribution >= 0.6 is 0 Å². The van der Waals surface area contributed by atoms with Crippen LogP contribution in [0.3, 0.4) is 0 Å². The number of hydrogen-bond acceptors (Lipinski definition) is 2. The smallest absolute Gasteiger partial charge is 0.255 e. The Labute approximate surface area is 91.9 Å². The van der Waals surface area contributed by atoms with Gasteiger partial charge in [-0.15, -0.1) is 0 Å². The Bertz CT molecular complexity index is 391. The summed E-state index contributed by atoms with van der Waals surface area (Å²) in [4.78, 5) is 11.0. The SMILES string of the molecule is Nc1cccc(/C=C/C(=O)NCC(F)F)c1. The van der Waals surface area contributed by atoms with Crippen LogP contribution in [-0.4, -0.2) is 18.9 Å². The third-order valence-electron chi connectivity index (χ3n) is 1.77. The molecule has 16 heavy (non-hydrogen) atoms. The molecule has 5 heteroatoms. The molecule has 0 aliphatic heterocycles. The van der Waals surface area contributed by atoms with Crippen molar-refractivity contribution in [3.8, 4) is 0 Å². The largest absolute Gasteiger partial charge is 0.399 e. The van der Waals surface area contributed by atoms with E-state index in [1.807, 2.05) is 0 Å². The molecule has 1 rings (SSSR count). The van der Waals surface area contributed by atoms with Crippen molar-refractivity contribution in [3.05, 3.63) is 35.9 Å². The van der Waals surface area contributed by atoms with Crippen molar-refractivity contribution in [1.29, 1.82) is 0 Å². The van der Waals surface area contributed by atoms with E-state index in [9.17, 15) is 13.6 Å². The van der Waals surface area contributed by atoms with Gasteiger partial charge in [-0.25, -0.2) is 8.78 Å². The molecule has 0 atom stereocenters. The quantitative estimate of drug-likeness (QED) is 0.606. The van der Waals surface area contributed by atoms with Gasteiger partial charge in [0, 0.05) is 11.8 Å². The minimum atomic E-state index is -2.54. The summed E-state index contributed by atoms with van der Waals surface area (Å²) < 4.78 is 23.5. The standard InChI is InChI=1S/C11H12F2N2O/c12-10(13)7-15-11(16)5-4-8-2-1-3-9(14)6-8/h1-6,10H,7,14H2,(H,15,16)/b5-4+. The molecule has 0 aromatic heterocycles. The van der Waals surface area contributed by atoms with E-state index in [2.05, 4.69) is 5.32 Å². The summed E-state index contributed by atoms with van der Waals surface area (Å²) in [6.07, 6.45) is 0.165. The number of halogens is 2. The van der Waals surface area contributed by atoms with Gasteiger partial charge < -0.3 is 11.1 Å². The van der Waals surface area contributed by atoms with Gasteiger partial charge in [-0.2, -0.15) is 0 Å². The van der Waals surface area contributed by atoms with Crippen LogP contribution < -0.4 is 11.1 Å². The summed E-state index contributed by atoms with van der Waals surface area (Å²) in [5.41, 5.74) is 6.85. The molecular weight excluding hydrogens is 214 g/mol. The number of alkyl halides is 2. The van der Waals surface area contributed by atoms with Crippen LogP contribution in [0.25, 0.3) is 6.08 Å². The molecule has 0 aliphatic rings. The first-order valence-electron chi connectivity index (χ1n) is 4.67. The first-order valence-corrected chi connectivity index (χ1v) is 4.67. The third kappa shape index (κ3) is 4.54. The lowest BCUT2D eigenvalue weighted by Crippen LogP contribution is -2.26. The van der Waals surface area contributed by atoms with Crippen molar-refractivity contribution in [3.63, 3.8) is 0 Å². The van der Waals surface area contributed by atoms with Gasteiger partial charge >= 0.3 is 0 Å². The van der Waals surface area contributed by atoms with Crippen LogP contribution in [0.2, 0.25) is 0 Å². The summed E-state index contributed by atoms with van der Waals surface area (Å²) in [7, 11) is 0. The van der Waals surface area contributed by atoms with E-state index in [-0.39, 0.29) is 0 Å². The zero-order chi connectivity index (χ0) is 12.0. The number of nitrogen functional groups attached to an aromatic ring is 1. The molecule has 0 fully saturated rings. The molecule has 0 heterocycles. The number of rotatable bonds is 4. The minimum Gasteiger partial charge on any atom is -0.399 e. The van der Waals surface area contributed by atoms with E-state index in [1.54, 1.807) is 24.3 Å². The first kappa shape index (κ1) is 12.2. The average molecular weight is 226 g/mol. The Kier molecular flexibility index (Phi) is 4.44. The molecule has 0 saturated heterocycles. The van der Waals surface area contributed by atoms with E-state index >= 15 is 0 Å². The summed E-state index contributed by atoms with van der Waals surface area (Å²) >= 11 is 0. The molecule has 1 aromatic rings. The van der Waals surface area contributed by atoms with Crippen molar-refractivity contribution in [2.75, 3.05) is 12.3 Å². The van der Waals surface area contributed by atoms with Gasteiger partial charge in [0.1, 0.15) is 0 Å². The zero-order valence-electron chi connectivity index (χ0n) is 8.49. The van der Waals surface area contributed by atoms with E-state index < -0.39 is 18.9 Å². The minimum absolute atomic E-state index is 0.553. The Hall–Kier alpha value is -1.91. The maximum absolute atomic E-state index is 11.8. The molecule has 86 valence electrons. The van der Waals surface area contributed by atoms with Crippen LogP contribution in [0.5, 0.6) is 0 Å². The van der Waals surface area contributed by atoms with Crippen molar-refractivity contribution < 1.29 is 13.6 Å². The highest BCUT2D eigenvalue weighted by atomic mass is 19.3. The fraction of sp³-hybridized carbons (Fsp3) is 0.182. The number of carbonyl (C=O) groups excluding carboxylic acids is 1. The van der Waals surface area contributed by atoms with Crippen molar-refractivity contribution in [2.24, 2.45) is 0 Å². The van der Waals surface area contributed by atoms with Crippen molar-refractivity contribution >= 4 is 17.7 Å². The van der Waals surface area contributed by atoms with Gasteiger partial charge in [0.15, 0.2) is 0 Å². The lowest BCUT2D eigenvalue weighted by atomic mass is 10.2. The predicted molar refractivity (Wildman–Crippen MR) is 58.9 cm³/mol. The summed E-state index contributed by atoms with van der Waals surface area (Å²) in [5.74, 6) is -0.553. The predicted octanol–water partition coefficient (Wildman–Crippen LogP) is 1.66. The number of nitrogens with two attached hydrogens (primary N) is 1. The molecule has 0 bridgehead atoms. The highest BCUT2D eigenvalue weighted by Crippen LogP contribution is 2.07. The second-order valence-electron chi connectivity index (χ2n) is 3.14. The Morgan fingerprint density at radius 1 is 1.50 bits per heavy atom. The Morgan fingerprint density at radius 2 is 2.25 bits per heavy atom. The van der Waals surface area contributed by atoms with Crippen LogP contribution in [-0.2, 0) is 4.79 Å². The second kappa shape index (κ2) is 5.85. The van der Waals surface area contributed by atoms with Gasteiger partial charge in [-0.05, 0) is 23.8 Å². The highest BCUT2D eigenvalue weighted by molar-refractivity contribution is 5.91. The number of amides is 1. The van der Waals surface area contributed by atoms with Crippen molar-refractivity contribution in [2.45, 2.75) is 6.43 Å². The van der Waals surface area contributed by atoms with E-state index in [0.717, 1.165) is 5.56 Å². The van der Waals surface area contributed by atoms with Crippen LogP contribution in [0.4, 0.5) is 14.5 Å². The second-order valence-corrected chi connectivity index (χ2v) is 3.14. The summed E-state index contributed by atoms with van der Waals surface area (Å²) in [6, 6.07) is 6.89. The monoisotopic (exact) mass is 226 g/mol. The maximum Gasteiger partial charge on any atom is 0.255 e. The van der Waals surface area contributed by atoms with E-state index in [4.69, 9.17) is 5.73 Å². The van der Waals surface area contributed by atoms with Crippen LogP contribution in [0, 0.1) is 0 Å². The third-order valence-corrected chi connectivity index (χ3v) is 1.77. The van der Waals surface area contributed by atoms with Gasteiger partial charge in [-0.1, -0.05) is 12.1 Å². The molecule has 1 aromatic carbocycles. The Morgan fingerprint density at radius 3 is 2.88 bits per heavy atom. The van der Waals surface area contributed by atoms with Gasteiger partial charge in [0.25, 0.3) is 6.43 Å². The summed E-state index contributed by atoms with van der Waals surface area (Å²) in [5, 5.41) is 2.06. The topological polar surface area (TPSA) is 55.1 Å². The number of carbonyl (C=O) groups is 1. The molecular formula is C11H12F2N2O. The normalized spacial score (nSPS) is 10.9. The molecule has 0 saturated carbocycles. The highest BCUT2D eigenvalue weighted by Gasteiger charge is 2.02. The van der Waals surface area contributed by atoms with Gasteiger partial charge in [0.2, 0.25) is 5.91 Å². The van der Waals surface area contributed by atoms with Crippen LogP contribution in [0.1, 0.15) is 5.56 Å². The van der Waals surface area contributed by atoms with Gasteiger partial charge in [0.05, 0.1) is 6.54 Å². The summed E-state index contributed by atoms with van der Waals surface area (Å²) in [6.45, 7) is -0.639. The number of anilines is 1. The maximum atomic E-state index is 11.8. The molecule has 0 radical (unpaired) electrons. The van der Waals surface area contributed by atoms with E-state index in [0.29, 0.717) is 5.69 Å². The van der Waals surface area contributed by atoms with Crippen LogP contribution in [0.15, 0.2) is 30.3 Å². The number of nitrogens with one attached hydrogen (secondary N) is 1. The first-order chi connectivity index (χ1) is 7.58. The van der Waals surface area contributed by atoms with E-state index in [1.165, 1.54) is 12.2 Å². The molecule has 3 N–H and O–H groups in total. The average Bonchev–Trinajstić information content (AvgIpc) is 2.23. The molecule has 0 unspecified atom stereocenters. The van der Waals surface area contributed by atoms with Gasteiger partial charge in [-0.3, -0.25) is 4.79 Å². The Balaban J connectivity index is 2.50. The lowest BCUT2D eigenvalue weighted by Gasteiger charge is -1.99. The molecule has 0 spiro atoms. The molecule has 3 nitrogen and oxygen atoms in total. The fourth-order valence-electron chi connectivity index (χ4n) is 1.07. The fourth-order valence-corrected chi connectivity index (χ4v) is 1.07. The molecule has 1 amide bonds.